The summed E-state index contributed by atoms with van der Waals surface area (Å²) in [5.74, 6) is 1.00. The molecule has 2 aliphatic heterocycles. The molecule has 2 saturated heterocycles. The van der Waals surface area contributed by atoms with E-state index in [1.807, 2.05) is 0 Å². The van der Waals surface area contributed by atoms with E-state index in [9.17, 15) is 9.59 Å². The van der Waals surface area contributed by atoms with Crippen molar-refractivity contribution in [3.8, 4) is 11.5 Å². The van der Waals surface area contributed by atoms with Gasteiger partial charge in [-0.1, -0.05) is 18.0 Å². The van der Waals surface area contributed by atoms with Crippen LogP contribution < -0.4 is 20.1 Å². The number of ether oxygens (including phenoxy) is 2. The lowest BCUT2D eigenvalue weighted by Gasteiger charge is -2.48. The molecule has 2 unspecified atom stereocenters. The molecule has 7 nitrogen and oxygen atoms in total. The molecule has 2 bridgehead atoms. The fourth-order valence-electron chi connectivity index (χ4n) is 4.96. The minimum absolute atomic E-state index is 0.0276. The van der Waals surface area contributed by atoms with Crippen LogP contribution in [0.5, 0.6) is 11.5 Å². The largest absolute Gasteiger partial charge is 0.497 e. The Hall–Kier alpha value is -2.77. The molecule has 0 spiro atoms. The molecule has 4 rings (SSSR count). The zero-order chi connectivity index (χ0) is 23.4. The number of nitrogens with zero attached hydrogens (tertiary/aromatic N) is 1. The van der Waals surface area contributed by atoms with Gasteiger partial charge in [0, 0.05) is 40.5 Å². The van der Waals surface area contributed by atoms with E-state index in [4.69, 9.17) is 21.1 Å². The van der Waals surface area contributed by atoms with Gasteiger partial charge in [-0.25, -0.2) is 0 Å². The number of hydrogen-bond acceptors (Lipinski definition) is 5. The average molecular weight is 472 g/mol. The molecule has 2 aromatic carbocycles. The number of nitrogens with one attached hydrogen (secondary N) is 2. The average Bonchev–Trinajstić information content (AvgIpc) is 2.80. The Kier molecular flexibility index (Phi) is 7.40. The quantitative estimate of drug-likeness (QED) is 0.635. The summed E-state index contributed by atoms with van der Waals surface area (Å²) in [6, 6.07) is 12.9. The van der Waals surface area contributed by atoms with Crippen molar-refractivity contribution < 1.29 is 19.1 Å². The predicted molar refractivity (Wildman–Crippen MR) is 128 cm³/mol. The maximum atomic E-state index is 12.9. The Labute approximate surface area is 199 Å². The van der Waals surface area contributed by atoms with Crippen LogP contribution in [-0.4, -0.2) is 55.6 Å². The first kappa shape index (κ1) is 23.4. The molecule has 176 valence electrons. The fraction of sp³-hybridized carbons (Fsp3) is 0.440. The molecule has 2 N–H and O–H groups in total. The summed E-state index contributed by atoms with van der Waals surface area (Å²) >= 11 is 5.92. The number of halogens is 1. The first-order valence-electron chi connectivity index (χ1n) is 11.3. The highest BCUT2D eigenvalue weighted by atomic mass is 35.5. The van der Waals surface area contributed by atoms with Crippen LogP contribution in [0.15, 0.2) is 42.5 Å². The lowest BCUT2D eigenvalue weighted by molar-refractivity contribution is -0.120. The maximum absolute atomic E-state index is 12.9. The van der Waals surface area contributed by atoms with Crippen molar-refractivity contribution in [3.63, 3.8) is 0 Å². The van der Waals surface area contributed by atoms with E-state index in [1.165, 1.54) is 0 Å². The molecule has 2 heterocycles. The Morgan fingerprint density at radius 3 is 2.18 bits per heavy atom. The van der Waals surface area contributed by atoms with Crippen LogP contribution in [0, 0.1) is 0 Å². The van der Waals surface area contributed by atoms with Gasteiger partial charge >= 0.3 is 0 Å². The van der Waals surface area contributed by atoms with Gasteiger partial charge in [0.25, 0.3) is 5.91 Å². The molecule has 0 saturated carbocycles. The summed E-state index contributed by atoms with van der Waals surface area (Å²) in [5.41, 5.74) is 1.26. The van der Waals surface area contributed by atoms with Crippen LogP contribution >= 0.6 is 11.6 Å². The van der Waals surface area contributed by atoms with Crippen molar-refractivity contribution in [1.29, 1.82) is 0 Å². The molecule has 2 aliphatic rings. The highest BCUT2D eigenvalue weighted by molar-refractivity contribution is 6.30. The Morgan fingerprint density at radius 1 is 1.00 bits per heavy atom. The summed E-state index contributed by atoms with van der Waals surface area (Å²) in [7, 11) is 3.13. The maximum Gasteiger partial charge on any atom is 0.251 e. The topological polar surface area (TPSA) is 79.9 Å². The molecule has 0 aromatic heterocycles. The zero-order valence-corrected chi connectivity index (χ0v) is 19.7. The number of hydrogen-bond donors (Lipinski definition) is 2. The summed E-state index contributed by atoms with van der Waals surface area (Å²) < 4.78 is 10.6. The highest BCUT2D eigenvalue weighted by Crippen LogP contribution is 2.34. The number of piperidine rings is 2. The van der Waals surface area contributed by atoms with Gasteiger partial charge in [0.05, 0.1) is 20.8 Å². The van der Waals surface area contributed by atoms with Gasteiger partial charge in [-0.05, 0) is 62.1 Å². The standard InChI is InChI=1S/C25H30ClN3O4/c1-32-22-10-16(11-23(14-22)33-2)25(31)28-19-12-20-4-3-5-21(13-19)29(20)15-24(30)27-18-8-6-17(26)7-9-18/h6-11,14,19-21H,3-5,12-13,15H2,1-2H3,(H,27,30)(H,28,31). The lowest BCUT2D eigenvalue weighted by atomic mass is 9.81. The van der Waals surface area contributed by atoms with E-state index >= 15 is 0 Å². The molecular formula is C25H30ClN3O4. The van der Waals surface area contributed by atoms with Crippen LogP contribution in [0.25, 0.3) is 0 Å². The van der Waals surface area contributed by atoms with Gasteiger partial charge in [-0.15, -0.1) is 0 Å². The van der Waals surface area contributed by atoms with E-state index in [0.29, 0.717) is 28.6 Å². The second-order valence-corrected chi connectivity index (χ2v) is 9.15. The van der Waals surface area contributed by atoms with Crippen molar-refractivity contribution in [2.45, 2.75) is 50.2 Å². The first-order chi connectivity index (χ1) is 15.9. The predicted octanol–water partition coefficient (Wildman–Crippen LogP) is 4.11. The van der Waals surface area contributed by atoms with Crippen molar-refractivity contribution in [2.24, 2.45) is 0 Å². The van der Waals surface area contributed by atoms with Crippen LogP contribution in [0.1, 0.15) is 42.5 Å². The van der Waals surface area contributed by atoms with Crippen LogP contribution in [0.4, 0.5) is 5.69 Å². The van der Waals surface area contributed by atoms with E-state index in [2.05, 4.69) is 15.5 Å². The molecule has 2 amide bonds. The third kappa shape index (κ3) is 5.78. The minimum Gasteiger partial charge on any atom is -0.497 e. The number of amides is 2. The van der Waals surface area contributed by atoms with E-state index in [0.717, 1.165) is 37.8 Å². The van der Waals surface area contributed by atoms with Crippen molar-refractivity contribution in [1.82, 2.24) is 10.2 Å². The first-order valence-corrected chi connectivity index (χ1v) is 11.7. The fourth-order valence-corrected chi connectivity index (χ4v) is 5.09. The van der Waals surface area contributed by atoms with Crippen LogP contribution in [0.3, 0.4) is 0 Å². The van der Waals surface area contributed by atoms with Crippen LogP contribution in [0.2, 0.25) is 5.02 Å². The smallest absolute Gasteiger partial charge is 0.251 e. The number of anilines is 1. The Balaban J connectivity index is 1.37. The van der Waals surface area contributed by atoms with E-state index < -0.39 is 0 Å². The third-order valence-electron chi connectivity index (χ3n) is 6.53. The summed E-state index contributed by atoms with van der Waals surface area (Å²) in [4.78, 5) is 27.9. The normalized spacial score (nSPS) is 22.3. The molecular weight excluding hydrogens is 442 g/mol. The van der Waals surface area contributed by atoms with Crippen molar-refractivity contribution in [2.75, 3.05) is 26.1 Å². The SMILES string of the molecule is COc1cc(OC)cc(C(=O)NC2CC3CCCC(C2)N3CC(=O)Nc2ccc(Cl)cc2)c1. The number of fused-ring (bicyclic) bond motifs is 2. The Bertz CT molecular complexity index is 961. The molecule has 2 atom stereocenters. The molecule has 0 radical (unpaired) electrons. The number of carbonyl (C=O) groups excluding carboxylic acids is 2. The third-order valence-corrected chi connectivity index (χ3v) is 6.78. The van der Waals surface area contributed by atoms with Gasteiger partial charge in [0.1, 0.15) is 11.5 Å². The monoisotopic (exact) mass is 471 g/mol. The summed E-state index contributed by atoms with van der Waals surface area (Å²) in [6.45, 7) is 0.353. The van der Waals surface area contributed by atoms with Crippen molar-refractivity contribution in [3.05, 3.63) is 53.1 Å². The zero-order valence-electron chi connectivity index (χ0n) is 19.0. The van der Waals surface area contributed by atoms with E-state index in [1.54, 1.807) is 56.7 Å². The molecule has 0 aliphatic carbocycles. The second kappa shape index (κ2) is 10.4. The minimum atomic E-state index is -0.135. The molecule has 8 heteroatoms. The molecule has 2 fully saturated rings. The van der Waals surface area contributed by atoms with Gasteiger partial charge in [0.15, 0.2) is 0 Å². The van der Waals surface area contributed by atoms with Gasteiger partial charge < -0.3 is 20.1 Å². The summed E-state index contributed by atoms with van der Waals surface area (Å²) in [6.07, 6.45) is 4.88. The van der Waals surface area contributed by atoms with Gasteiger partial charge in [0.2, 0.25) is 5.91 Å². The number of benzene rings is 2. The van der Waals surface area contributed by atoms with Gasteiger partial charge in [-0.3, -0.25) is 14.5 Å². The van der Waals surface area contributed by atoms with E-state index in [-0.39, 0.29) is 29.9 Å². The molecule has 33 heavy (non-hydrogen) atoms. The van der Waals surface area contributed by atoms with Crippen LogP contribution in [-0.2, 0) is 4.79 Å². The summed E-state index contributed by atoms with van der Waals surface area (Å²) in [5, 5.41) is 6.79. The second-order valence-electron chi connectivity index (χ2n) is 8.71. The number of carbonyl (C=O) groups is 2. The Morgan fingerprint density at radius 2 is 1.61 bits per heavy atom. The van der Waals surface area contributed by atoms with Crippen molar-refractivity contribution >= 4 is 29.1 Å². The number of methoxy groups -OCH3 is 2. The number of rotatable bonds is 7. The van der Waals surface area contributed by atoms with Gasteiger partial charge in [-0.2, -0.15) is 0 Å². The molecule has 2 aromatic rings. The highest BCUT2D eigenvalue weighted by Gasteiger charge is 2.39. The lowest BCUT2D eigenvalue weighted by Crippen LogP contribution is -2.58.